The minimum Gasteiger partial charge on any atom is -0.309 e. The molecule has 0 bridgehead atoms. The highest BCUT2D eigenvalue weighted by atomic mass is 15.0. The molecular weight excluding hydrogens is 643 g/mol. The van der Waals surface area contributed by atoms with Crippen molar-refractivity contribution in [3.63, 3.8) is 0 Å². The molecule has 0 saturated heterocycles. The van der Waals surface area contributed by atoms with Gasteiger partial charge in [0, 0.05) is 33.2 Å². The number of benzene rings is 8. The van der Waals surface area contributed by atoms with E-state index in [1.54, 1.807) is 0 Å². The molecule has 0 fully saturated rings. The molecular formula is C50H33N3. The third-order valence-electron chi connectivity index (χ3n) is 10.2. The summed E-state index contributed by atoms with van der Waals surface area (Å²) in [5, 5.41) is 5.11. The van der Waals surface area contributed by atoms with Crippen molar-refractivity contribution in [3.8, 4) is 61.8 Å². The van der Waals surface area contributed by atoms with Gasteiger partial charge in [-0.1, -0.05) is 170 Å². The van der Waals surface area contributed by atoms with Crippen LogP contribution in [0.4, 0.5) is 0 Å². The molecule has 0 aliphatic heterocycles. The predicted molar refractivity (Wildman–Crippen MR) is 221 cm³/mol. The first-order chi connectivity index (χ1) is 26.3. The van der Waals surface area contributed by atoms with E-state index >= 15 is 0 Å². The second kappa shape index (κ2) is 12.9. The fourth-order valence-corrected chi connectivity index (χ4v) is 7.58. The first-order valence-corrected chi connectivity index (χ1v) is 18.0. The topological polar surface area (TPSA) is 30.7 Å². The van der Waals surface area contributed by atoms with Crippen molar-refractivity contribution in [2.45, 2.75) is 0 Å². The highest BCUT2D eigenvalue weighted by Gasteiger charge is 2.15. The molecule has 0 spiro atoms. The average molecular weight is 676 g/mol. The minimum absolute atomic E-state index is 0.707. The third-order valence-corrected chi connectivity index (χ3v) is 10.2. The lowest BCUT2D eigenvalue weighted by Gasteiger charge is -2.11. The van der Waals surface area contributed by atoms with Crippen LogP contribution in [0.5, 0.6) is 0 Å². The van der Waals surface area contributed by atoms with Crippen LogP contribution >= 0.6 is 0 Å². The van der Waals surface area contributed by atoms with Crippen molar-refractivity contribution in [2.75, 3.05) is 0 Å². The van der Waals surface area contributed by atoms with E-state index in [1.165, 1.54) is 49.3 Å². The van der Waals surface area contributed by atoms with Crippen LogP contribution in [0.1, 0.15) is 0 Å². The maximum atomic E-state index is 5.10. The summed E-state index contributed by atoms with van der Waals surface area (Å²) in [5.74, 6) is 0.707. The zero-order valence-electron chi connectivity index (χ0n) is 28.9. The van der Waals surface area contributed by atoms with Crippen LogP contribution in [0.15, 0.2) is 200 Å². The first-order valence-electron chi connectivity index (χ1n) is 18.0. The van der Waals surface area contributed by atoms with Gasteiger partial charge in [0.1, 0.15) is 0 Å². The fourth-order valence-electron chi connectivity index (χ4n) is 7.58. The summed E-state index contributed by atoms with van der Waals surface area (Å²) in [6, 6.07) is 70.9. The highest BCUT2D eigenvalue weighted by molar-refractivity contribution is 6.21. The second-order valence-corrected chi connectivity index (χ2v) is 13.4. The Bertz CT molecular complexity index is 2890. The SMILES string of the molecule is c1ccc(-c2ccc(-c3nc(-c4ccccc4)cc(-c4ccc(-c5ccc(-n6c7ccccc7c7c8ccccc8ccc76)cc5)cc4)n3)cc2)cc1. The molecule has 0 saturated carbocycles. The van der Waals surface area contributed by atoms with Crippen LogP contribution in [0.25, 0.3) is 94.4 Å². The molecule has 8 aromatic carbocycles. The lowest BCUT2D eigenvalue weighted by molar-refractivity contribution is 1.18. The van der Waals surface area contributed by atoms with E-state index in [2.05, 4.69) is 193 Å². The van der Waals surface area contributed by atoms with Crippen molar-refractivity contribution in [2.24, 2.45) is 0 Å². The largest absolute Gasteiger partial charge is 0.309 e. The van der Waals surface area contributed by atoms with Gasteiger partial charge in [0.15, 0.2) is 5.82 Å². The molecule has 0 atom stereocenters. The van der Waals surface area contributed by atoms with Gasteiger partial charge >= 0.3 is 0 Å². The maximum absolute atomic E-state index is 5.10. The van der Waals surface area contributed by atoms with Crippen LogP contribution in [0.2, 0.25) is 0 Å². The second-order valence-electron chi connectivity index (χ2n) is 13.4. The van der Waals surface area contributed by atoms with Crippen LogP contribution in [-0.2, 0) is 0 Å². The smallest absolute Gasteiger partial charge is 0.160 e. The number of hydrogen-bond donors (Lipinski definition) is 0. The summed E-state index contributed by atoms with van der Waals surface area (Å²) in [5.41, 5.74) is 13.1. The van der Waals surface area contributed by atoms with Crippen molar-refractivity contribution in [1.82, 2.24) is 14.5 Å². The van der Waals surface area contributed by atoms with E-state index in [0.29, 0.717) is 5.82 Å². The van der Waals surface area contributed by atoms with Crippen molar-refractivity contribution in [1.29, 1.82) is 0 Å². The zero-order chi connectivity index (χ0) is 35.1. The molecule has 0 radical (unpaired) electrons. The number of fused-ring (bicyclic) bond motifs is 5. The van der Waals surface area contributed by atoms with Gasteiger partial charge in [-0.15, -0.1) is 0 Å². The predicted octanol–water partition coefficient (Wildman–Crippen LogP) is 13.1. The highest BCUT2D eigenvalue weighted by Crippen LogP contribution is 2.37. The molecule has 0 aliphatic rings. The Balaban J connectivity index is 0.992. The Morgan fingerprint density at radius 2 is 0.792 bits per heavy atom. The molecule has 0 amide bonds. The Kier molecular flexibility index (Phi) is 7.47. The number of hydrogen-bond acceptors (Lipinski definition) is 2. The average Bonchev–Trinajstić information content (AvgIpc) is 3.59. The number of rotatable bonds is 6. The number of para-hydroxylation sites is 1. The standard InChI is InChI=1S/C50H33N3/c1-3-11-34(12-4-1)35-21-25-41(26-22-35)50-51-45(39-14-5-2-6-15-39)33-46(52-50)40-23-19-36(20-24-40)37-27-30-42(31-28-37)53-47-18-10-9-17-44(47)49-43-16-8-7-13-38(43)29-32-48(49)53/h1-33H. The summed E-state index contributed by atoms with van der Waals surface area (Å²) in [4.78, 5) is 10.1. The molecule has 0 N–H and O–H groups in total. The lowest BCUT2D eigenvalue weighted by Crippen LogP contribution is -1.96. The molecule has 10 aromatic rings. The van der Waals surface area contributed by atoms with E-state index in [0.717, 1.165) is 39.3 Å². The molecule has 2 heterocycles. The van der Waals surface area contributed by atoms with Gasteiger partial charge in [0.25, 0.3) is 0 Å². The number of nitrogens with zero attached hydrogens (tertiary/aromatic N) is 3. The van der Waals surface area contributed by atoms with Crippen LogP contribution < -0.4 is 0 Å². The van der Waals surface area contributed by atoms with E-state index < -0.39 is 0 Å². The van der Waals surface area contributed by atoms with E-state index in [9.17, 15) is 0 Å². The lowest BCUT2D eigenvalue weighted by atomic mass is 10.0. The van der Waals surface area contributed by atoms with E-state index in [1.807, 2.05) is 12.1 Å². The van der Waals surface area contributed by atoms with Crippen molar-refractivity contribution >= 4 is 32.6 Å². The van der Waals surface area contributed by atoms with Gasteiger partial charge in [0.2, 0.25) is 0 Å². The minimum atomic E-state index is 0.707. The van der Waals surface area contributed by atoms with Gasteiger partial charge in [-0.05, 0) is 63.4 Å². The van der Waals surface area contributed by atoms with Crippen LogP contribution in [0, 0.1) is 0 Å². The van der Waals surface area contributed by atoms with Gasteiger partial charge in [0.05, 0.1) is 22.4 Å². The van der Waals surface area contributed by atoms with Gasteiger partial charge in [-0.2, -0.15) is 0 Å². The molecule has 0 aliphatic carbocycles. The van der Waals surface area contributed by atoms with Crippen LogP contribution in [-0.4, -0.2) is 14.5 Å². The van der Waals surface area contributed by atoms with Gasteiger partial charge in [-0.3, -0.25) is 0 Å². The molecule has 3 nitrogen and oxygen atoms in total. The molecule has 3 heteroatoms. The van der Waals surface area contributed by atoms with Gasteiger partial charge < -0.3 is 4.57 Å². The fraction of sp³-hybridized carbons (Fsp3) is 0. The van der Waals surface area contributed by atoms with Crippen molar-refractivity contribution in [3.05, 3.63) is 200 Å². The molecule has 248 valence electrons. The summed E-state index contributed by atoms with van der Waals surface area (Å²) < 4.78 is 2.39. The quantitative estimate of drug-likeness (QED) is 0.176. The Hall–Kier alpha value is -7.10. The van der Waals surface area contributed by atoms with Crippen LogP contribution in [0.3, 0.4) is 0 Å². The first kappa shape index (κ1) is 30.7. The third kappa shape index (κ3) is 5.56. The Morgan fingerprint density at radius 1 is 0.321 bits per heavy atom. The maximum Gasteiger partial charge on any atom is 0.160 e. The summed E-state index contributed by atoms with van der Waals surface area (Å²) in [7, 11) is 0. The van der Waals surface area contributed by atoms with E-state index in [-0.39, 0.29) is 0 Å². The summed E-state index contributed by atoms with van der Waals surface area (Å²) >= 11 is 0. The van der Waals surface area contributed by atoms with Crippen molar-refractivity contribution < 1.29 is 0 Å². The number of aromatic nitrogens is 3. The Labute approximate surface area is 308 Å². The molecule has 10 rings (SSSR count). The summed E-state index contributed by atoms with van der Waals surface area (Å²) in [6.45, 7) is 0. The van der Waals surface area contributed by atoms with E-state index in [4.69, 9.17) is 9.97 Å². The Morgan fingerprint density at radius 3 is 1.45 bits per heavy atom. The zero-order valence-corrected chi connectivity index (χ0v) is 28.9. The molecule has 2 aromatic heterocycles. The molecule has 0 unspecified atom stereocenters. The normalized spacial score (nSPS) is 11.4. The van der Waals surface area contributed by atoms with Gasteiger partial charge in [-0.25, -0.2) is 9.97 Å². The monoisotopic (exact) mass is 675 g/mol. The molecule has 53 heavy (non-hydrogen) atoms. The summed E-state index contributed by atoms with van der Waals surface area (Å²) in [6.07, 6.45) is 0.